The topological polar surface area (TPSA) is 86.8 Å². The Hall–Kier alpha value is -2.87. The van der Waals surface area contributed by atoms with E-state index in [1.807, 2.05) is 71.0 Å². The number of hydrogen-bond donors (Lipinski definition) is 1. The van der Waals surface area contributed by atoms with Crippen molar-refractivity contribution in [3.8, 4) is 0 Å². The molecule has 0 heterocycles. The van der Waals surface area contributed by atoms with Gasteiger partial charge in [0.25, 0.3) is 0 Å². The molecule has 0 fully saturated rings. The maximum absolute atomic E-state index is 13.4. The summed E-state index contributed by atoms with van der Waals surface area (Å²) >= 11 is 0. The van der Waals surface area contributed by atoms with Gasteiger partial charge < -0.3 is 10.2 Å². The van der Waals surface area contributed by atoms with Crippen molar-refractivity contribution in [3.63, 3.8) is 0 Å². The Labute approximate surface area is 210 Å². The lowest BCUT2D eigenvalue weighted by Crippen LogP contribution is -2.50. The van der Waals surface area contributed by atoms with Gasteiger partial charge in [0.05, 0.1) is 11.9 Å². The quantitative estimate of drug-likeness (QED) is 0.473. The Morgan fingerprint density at radius 2 is 1.63 bits per heavy atom. The van der Waals surface area contributed by atoms with Gasteiger partial charge in [-0.3, -0.25) is 13.9 Å². The van der Waals surface area contributed by atoms with Crippen LogP contribution in [0.2, 0.25) is 0 Å². The van der Waals surface area contributed by atoms with E-state index in [0.717, 1.165) is 16.7 Å². The summed E-state index contributed by atoms with van der Waals surface area (Å²) in [6.07, 6.45) is 2.12. The summed E-state index contributed by atoms with van der Waals surface area (Å²) in [6, 6.07) is 14.4. The third-order valence-corrected chi connectivity index (χ3v) is 7.09. The highest BCUT2D eigenvalue weighted by molar-refractivity contribution is 7.92. The Morgan fingerprint density at radius 3 is 2.17 bits per heavy atom. The number of hydrogen-bond acceptors (Lipinski definition) is 4. The van der Waals surface area contributed by atoms with Gasteiger partial charge >= 0.3 is 0 Å². The molecule has 1 N–H and O–H groups in total. The predicted octanol–water partition coefficient (Wildman–Crippen LogP) is 4.18. The molecule has 0 saturated heterocycles. The molecule has 0 radical (unpaired) electrons. The molecule has 0 unspecified atom stereocenters. The van der Waals surface area contributed by atoms with Crippen LogP contribution in [0.4, 0.5) is 5.69 Å². The molecule has 0 saturated carbocycles. The Morgan fingerprint density at radius 1 is 1.00 bits per heavy atom. The summed E-state index contributed by atoms with van der Waals surface area (Å²) in [5.74, 6) is -0.349. The van der Waals surface area contributed by atoms with Crippen LogP contribution < -0.4 is 9.62 Å². The van der Waals surface area contributed by atoms with Crippen LogP contribution in [0.25, 0.3) is 0 Å². The van der Waals surface area contributed by atoms with Crippen LogP contribution in [0.15, 0.2) is 48.5 Å². The second kappa shape index (κ2) is 12.7. The highest BCUT2D eigenvalue weighted by Gasteiger charge is 2.29. The SMILES string of the molecule is CC[C@H](C(=O)NC(C)C)N(Cc1ccccc1C)C(=O)CCCN(c1ccc(C)cc1)S(C)(=O)=O. The smallest absolute Gasteiger partial charge is 0.243 e. The minimum absolute atomic E-state index is 0.0372. The fraction of sp³-hybridized carbons (Fsp3) is 0.481. The number of carbonyl (C=O) groups excluding carboxylic acids is 2. The summed E-state index contributed by atoms with van der Waals surface area (Å²) in [5, 5.41) is 2.93. The molecule has 0 aliphatic heterocycles. The number of anilines is 1. The van der Waals surface area contributed by atoms with Crippen LogP contribution in [0, 0.1) is 13.8 Å². The third-order valence-electron chi connectivity index (χ3n) is 5.89. The van der Waals surface area contributed by atoms with E-state index in [1.54, 1.807) is 17.0 Å². The molecule has 7 nitrogen and oxygen atoms in total. The van der Waals surface area contributed by atoms with Crippen molar-refractivity contribution < 1.29 is 18.0 Å². The first kappa shape index (κ1) is 28.4. The Kier molecular flexibility index (Phi) is 10.3. The summed E-state index contributed by atoms with van der Waals surface area (Å²) < 4.78 is 26.2. The van der Waals surface area contributed by atoms with Crippen molar-refractivity contribution in [1.82, 2.24) is 10.2 Å². The average molecular weight is 502 g/mol. The van der Waals surface area contributed by atoms with Gasteiger partial charge in [0.1, 0.15) is 6.04 Å². The minimum atomic E-state index is -3.51. The normalized spacial score (nSPS) is 12.3. The predicted molar refractivity (Wildman–Crippen MR) is 142 cm³/mol. The monoisotopic (exact) mass is 501 g/mol. The molecular formula is C27H39N3O4S. The van der Waals surface area contributed by atoms with Gasteiger partial charge in [0.15, 0.2) is 0 Å². The number of carbonyl (C=O) groups is 2. The zero-order valence-corrected chi connectivity index (χ0v) is 22.6. The zero-order chi connectivity index (χ0) is 26.2. The van der Waals surface area contributed by atoms with Gasteiger partial charge in [0, 0.05) is 25.6 Å². The molecule has 0 aliphatic rings. The fourth-order valence-electron chi connectivity index (χ4n) is 3.99. The van der Waals surface area contributed by atoms with E-state index in [9.17, 15) is 18.0 Å². The van der Waals surface area contributed by atoms with Crippen molar-refractivity contribution in [1.29, 1.82) is 0 Å². The molecule has 35 heavy (non-hydrogen) atoms. The second-order valence-corrected chi connectivity index (χ2v) is 11.2. The number of aryl methyl sites for hydroxylation is 2. The van der Waals surface area contributed by atoms with Gasteiger partial charge in [0.2, 0.25) is 21.8 Å². The van der Waals surface area contributed by atoms with Gasteiger partial charge in [-0.15, -0.1) is 0 Å². The fourth-order valence-corrected chi connectivity index (χ4v) is 4.95. The maximum atomic E-state index is 13.4. The van der Waals surface area contributed by atoms with E-state index in [1.165, 1.54) is 10.6 Å². The lowest BCUT2D eigenvalue weighted by molar-refractivity contribution is -0.141. The molecule has 2 aromatic rings. The number of nitrogens with one attached hydrogen (secondary N) is 1. The van der Waals surface area contributed by atoms with E-state index in [0.29, 0.717) is 25.1 Å². The van der Waals surface area contributed by atoms with Crippen LogP contribution >= 0.6 is 0 Å². The summed E-state index contributed by atoms with van der Waals surface area (Å²) in [7, 11) is -3.51. The highest BCUT2D eigenvalue weighted by Crippen LogP contribution is 2.21. The van der Waals surface area contributed by atoms with Crippen LogP contribution in [0.3, 0.4) is 0 Å². The van der Waals surface area contributed by atoms with Crippen LogP contribution in [-0.4, -0.2) is 50.0 Å². The average Bonchev–Trinajstić information content (AvgIpc) is 2.77. The van der Waals surface area contributed by atoms with Crippen molar-refractivity contribution in [2.75, 3.05) is 17.1 Å². The lowest BCUT2D eigenvalue weighted by atomic mass is 10.0. The zero-order valence-electron chi connectivity index (χ0n) is 21.7. The third kappa shape index (κ3) is 8.38. The Bertz CT molecular complexity index is 1100. The minimum Gasteiger partial charge on any atom is -0.352 e. The van der Waals surface area contributed by atoms with Crippen LogP contribution in [0.1, 0.15) is 56.7 Å². The van der Waals surface area contributed by atoms with Gasteiger partial charge in [-0.1, -0.05) is 48.9 Å². The molecule has 2 rings (SSSR count). The van der Waals surface area contributed by atoms with E-state index < -0.39 is 16.1 Å². The molecule has 0 aromatic heterocycles. The first-order valence-electron chi connectivity index (χ1n) is 12.1. The van der Waals surface area contributed by atoms with Crippen molar-refractivity contribution in [2.24, 2.45) is 0 Å². The first-order valence-corrected chi connectivity index (χ1v) is 14.0. The van der Waals surface area contributed by atoms with E-state index >= 15 is 0 Å². The maximum Gasteiger partial charge on any atom is 0.243 e. The molecule has 2 amide bonds. The number of amides is 2. The molecular weight excluding hydrogens is 462 g/mol. The highest BCUT2D eigenvalue weighted by atomic mass is 32.2. The lowest BCUT2D eigenvalue weighted by Gasteiger charge is -2.32. The number of benzene rings is 2. The largest absolute Gasteiger partial charge is 0.352 e. The van der Waals surface area contributed by atoms with Crippen LogP contribution in [0.5, 0.6) is 0 Å². The van der Waals surface area contributed by atoms with E-state index in [2.05, 4.69) is 5.32 Å². The van der Waals surface area contributed by atoms with E-state index in [4.69, 9.17) is 0 Å². The number of nitrogens with zero attached hydrogens (tertiary/aromatic N) is 2. The molecule has 2 aromatic carbocycles. The van der Waals surface area contributed by atoms with E-state index in [-0.39, 0.29) is 30.8 Å². The number of rotatable bonds is 12. The van der Waals surface area contributed by atoms with Gasteiger partial charge in [-0.2, -0.15) is 0 Å². The standard InChI is InChI=1S/C27H39N3O4S/c1-7-25(27(32)28-20(2)3)29(19-23-12-9-8-11-22(23)5)26(31)13-10-18-30(35(6,33)34)24-16-14-21(4)15-17-24/h8-9,11-12,14-17,20,25H,7,10,13,18-19H2,1-6H3,(H,28,32)/t25-/m1/s1. The molecule has 0 spiro atoms. The molecule has 1 atom stereocenters. The molecule has 8 heteroatoms. The summed E-state index contributed by atoms with van der Waals surface area (Å²) in [4.78, 5) is 28.0. The van der Waals surface area contributed by atoms with Crippen molar-refractivity contribution >= 4 is 27.5 Å². The summed E-state index contributed by atoms with van der Waals surface area (Å²) in [5.41, 5.74) is 3.64. The summed E-state index contributed by atoms with van der Waals surface area (Å²) in [6.45, 7) is 10.1. The van der Waals surface area contributed by atoms with Crippen LogP contribution in [-0.2, 0) is 26.2 Å². The Balaban J connectivity index is 2.22. The second-order valence-electron chi connectivity index (χ2n) is 9.31. The van der Waals surface area contributed by atoms with Gasteiger partial charge in [-0.25, -0.2) is 8.42 Å². The van der Waals surface area contributed by atoms with Crippen molar-refractivity contribution in [3.05, 3.63) is 65.2 Å². The molecule has 0 aliphatic carbocycles. The van der Waals surface area contributed by atoms with Crippen molar-refractivity contribution in [2.45, 2.75) is 72.5 Å². The number of sulfonamides is 1. The van der Waals surface area contributed by atoms with Gasteiger partial charge in [-0.05, 0) is 63.8 Å². The molecule has 192 valence electrons. The molecule has 0 bridgehead atoms. The first-order chi connectivity index (χ1) is 16.4.